The minimum Gasteiger partial charge on any atom is -0.427 e. The van der Waals surface area contributed by atoms with Gasteiger partial charge in [-0.05, 0) is 60.1 Å². The molecule has 2 aromatic rings. The molecule has 0 saturated heterocycles. The normalized spacial score (nSPS) is 14.1. The van der Waals surface area contributed by atoms with Crippen LogP contribution < -0.4 is 4.74 Å². The molecule has 0 spiro atoms. The van der Waals surface area contributed by atoms with E-state index in [1.807, 2.05) is 12.1 Å². The van der Waals surface area contributed by atoms with Crippen LogP contribution in [0, 0.1) is 0 Å². The lowest BCUT2D eigenvalue weighted by Crippen LogP contribution is -2.04. The number of ether oxygens (including phenoxy) is 1. The molecule has 0 fully saturated rings. The molecule has 1 aliphatic carbocycles. The molecule has 21 heavy (non-hydrogen) atoms. The van der Waals surface area contributed by atoms with Crippen molar-refractivity contribution < 1.29 is 9.53 Å². The smallest absolute Gasteiger partial charge is 0.308 e. The Morgan fingerprint density at radius 3 is 2.52 bits per heavy atom. The van der Waals surface area contributed by atoms with Crippen molar-refractivity contribution in [1.82, 2.24) is 0 Å². The number of benzene rings is 2. The zero-order chi connectivity index (χ0) is 14.7. The molecule has 0 atom stereocenters. The van der Waals surface area contributed by atoms with Gasteiger partial charge in [0.15, 0.2) is 0 Å². The molecule has 3 rings (SSSR count). The molecule has 0 N–H and O–H groups in total. The van der Waals surface area contributed by atoms with Gasteiger partial charge < -0.3 is 4.74 Å². The minimum atomic E-state index is -0.261. The summed E-state index contributed by atoms with van der Waals surface area (Å²) in [5, 5.41) is 0. The Kier molecular flexibility index (Phi) is 4.05. The van der Waals surface area contributed by atoms with Crippen LogP contribution in [0.3, 0.4) is 0 Å². The van der Waals surface area contributed by atoms with Crippen LogP contribution in [0.25, 0.3) is 11.1 Å². The third-order valence-electron chi connectivity index (χ3n) is 4.04. The van der Waals surface area contributed by atoms with Crippen LogP contribution in [0.1, 0.15) is 37.3 Å². The first-order valence-electron chi connectivity index (χ1n) is 7.63. The molecule has 0 unspecified atom stereocenters. The summed E-state index contributed by atoms with van der Waals surface area (Å²) in [6, 6.07) is 14.4. The highest BCUT2D eigenvalue weighted by atomic mass is 16.5. The molecule has 0 saturated carbocycles. The number of rotatable bonds is 2. The predicted molar refractivity (Wildman–Crippen MR) is 84.4 cm³/mol. The summed E-state index contributed by atoms with van der Waals surface area (Å²) in [6.07, 6.45) is 5.90. The molecule has 0 bridgehead atoms. The zero-order valence-electron chi connectivity index (χ0n) is 12.4. The first-order valence-corrected chi connectivity index (χ1v) is 7.63. The van der Waals surface area contributed by atoms with E-state index < -0.39 is 0 Å². The number of hydrogen-bond acceptors (Lipinski definition) is 2. The topological polar surface area (TPSA) is 26.3 Å². The van der Waals surface area contributed by atoms with E-state index in [0.29, 0.717) is 5.75 Å². The molecular formula is C19H20O2. The largest absolute Gasteiger partial charge is 0.427 e. The van der Waals surface area contributed by atoms with E-state index in [0.717, 1.165) is 12.8 Å². The van der Waals surface area contributed by atoms with Crippen LogP contribution in [0.15, 0.2) is 42.5 Å². The van der Waals surface area contributed by atoms with E-state index in [4.69, 9.17) is 4.74 Å². The van der Waals surface area contributed by atoms with Gasteiger partial charge in [-0.2, -0.15) is 0 Å². The molecule has 108 valence electrons. The van der Waals surface area contributed by atoms with Crippen LogP contribution in [-0.4, -0.2) is 5.97 Å². The van der Waals surface area contributed by atoms with Gasteiger partial charge in [0.1, 0.15) is 5.75 Å². The summed E-state index contributed by atoms with van der Waals surface area (Å²) in [7, 11) is 0. The van der Waals surface area contributed by atoms with Crippen molar-refractivity contribution in [2.24, 2.45) is 0 Å². The Hall–Kier alpha value is -2.09. The highest BCUT2D eigenvalue weighted by Crippen LogP contribution is 2.34. The zero-order valence-corrected chi connectivity index (χ0v) is 12.4. The molecule has 0 amide bonds. The first-order chi connectivity index (χ1) is 10.2. The second-order valence-electron chi connectivity index (χ2n) is 5.63. The minimum absolute atomic E-state index is 0.261. The van der Waals surface area contributed by atoms with E-state index in [1.165, 1.54) is 48.4 Å². The van der Waals surface area contributed by atoms with Gasteiger partial charge in [0.2, 0.25) is 0 Å². The molecule has 2 heteroatoms. The standard InChI is InChI=1S/C19H20O2/c1-14(20)21-17-12-16-10-6-3-7-11-18(16)19(13-17)15-8-4-2-5-9-15/h2,4-5,8-9,12-13H,3,6-7,10-11H2,1H3. The third-order valence-corrected chi connectivity index (χ3v) is 4.04. The Labute approximate surface area is 125 Å². The van der Waals surface area contributed by atoms with Crippen molar-refractivity contribution in [2.75, 3.05) is 0 Å². The highest BCUT2D eigenvalue weighted by Gasteiger charge is 2.16. The van der Waals surface area contributed by atoms with E-state index >= 15 is 0 Å². The number of esters is 1. The van der Waals surface area contributed by atoms with Gasteiger partial charge in [0.05, 0.1) is 0 Å². The lowest BCUT2D eigenvalue weighted by molar-refractivity contribution is -0.131. The van der Waals surface area contributed by atoms with Crippen LogP contribution in [0.4, 0.5) is 0 Å². The SMILES string of the molecule is CC(=O)Oc1cc2c(c(-c3ccccc3)c1)CCCCC2. The van der Waals surface area contributed by atoms with E-state index in [-0.39, 0.29) is 5.97 Å². The van der Waals surface area contributed by atoms with E-state index in [1.54, 1.807) is 0 Å². The second kappa shape index (κ2) is 6.13. The Balaban J connectivity index is 2.13. The molecule has 0 heterocycles. The molecule has 1 aliphatic rings. The summed E-state index contributed by atoms with van der Waals surface area (Å²) in [6.45, 7) is 1.45. The van der Waals surface area contributed by atoms with Gasteiger partial charge in [-0.3, -0.25) is 4.79 Å². The summed E-state index contributed by atoms with van der Waals surface area (Å²) in [5.74, 6) is 0.407. The fraction of sp³-hybridized carbons (Fsp3) is 0.316. The maximum Gasteiger partial charge on any atom is 0.308 e. The van der Waals surface area contributed by atoms with Gasteiger partial charge in [-0.15, -0.1) is 0 Å². The van der Waals surface area contributed by atoms with Gasteiger partial charge in [0.25, 0.3) is 0 Å². The number of aryl methyl sites for hydroxylation is 1. The predicted octanol–water partition coefficient (Wildman–Crippen LogP) is 4.55. The Morgan fingerprint density at radius 2 is 1.76 bits per heavy atom. The number of carbonyl (C=O) groups is 1. The van der Waals surface area contributed by atoms with Gasteiger partial charge in [-0.25, -0.2) is 0 Å². The van der Waals surface area contributed by atoms with Crippen LogP contribution in [0.5, 0.6) is 5.75 Å². The average Bonchev–Trinajstić information content (AvgIpc) is 2.72. The molecular weight excluding hydrogens is 260 g/mol. The fourth-order valence-corrected chi connectivity index (χ4v) is 3.12. The summed E-state index contributed by atoms with van der Waals surface area (Å²) < 4.78 is 5.34. The van der Waals surface area contributed by atoms with Crippen molar-refractivity contribution in [2.45, 2.75) is 39.0 Å². The number of fused-ring (bicyclic) bond motifs is 1. The first kappa shape index (κ1) is 13.9. The van der Waals surface area contributed by atoms with Crippen LogP contribution in [-0.2, 0) is 17.6 Å². The lowest BCUT2D eigenvalue weighted by atomic mass is 9.92. The van der Waals surface area contributed by atoms with Gasteiger partial charge >= 0.3 is 5.97 Å². The van der Waals surface area contributed by atoms with Crippen LogP contribution >= 0.6 is 0 Å². The Bertz CT molecular complexity index is 644. The molecule has 0 radical (unpaired) electrons. The monoisotopic (exact) mass is 280 g/mol. The molecule has 0 aromatic heterocycles. The number of carbonyl (C=O) groups excluding carboxylic acids is 1. The fourth-order valence-electron chi connectivity index (χ4n) is 3.12. The molecule has 2 aromatic carbocycles. The number of hydrogen-bond donors (Lipinski definition) is 0. The maximum atomic E-state index is 11.3. The van der Waals surface area contributed by atoms with Crippen molar-refractivity contribution in [1.29, 1.82) is 0 Å². The quantitative estimate of drug-likeness (QED) is 0.458. The van der Waals surface area contributed by atoms with E-state index in [9.17, 15) is 4.79 Å². The van der Waals surface area contributed by atoms with E-state index in [2.05, 4.69) is 30.3 Å². The van der Waals surface area contributed by atoms with Crippen molar-refractivity contribution in [3.05, 3.63) is 53.6 Å². The maximum absolute atomic E-state index is 11.3. The highest BCUT2D eigenvalue weighted by molar-refractivity contribution is 5.74. The molecule has 0 aliphatic heterocycles. The van der Waals surface area contributed by atoms with Crippen molar-refractivity contribution in [3.63, 3.8) is 0 Å². The third kappa shape index (κ3) is 3.15. The second-order valence-corrected chi connectivity index (χ2v) is 5.63. The Morgan fingerprint density at radius 1 is 1.00 bits per heavy atom. The van der Waals surface area contributed by atoms with Gasteiger partial charge in [-0.1, -0.05) is 36.8 Å². The summed E-state index contributed by atoms with van der Waals surface area (Å²) >= 11 is 0. The van der Waals surface area contributed by atoms with Crippen molar-refractivity contribution in [3.8, 4) is 16.9 Å². The van der Waals surface area contributed by atoms with Crippen LogP contribution in [0.2, 0.25) is 0 Å². The summed E-state index contributed by atoms with van der Waals surface area (Å²) in [4.78, 5) is 11.3. The van der Waals surface area contributed by atoms with Gasteiger partial charge in [0, 0.05) is 6.92 Å². The summed E-state index contributed by atoms with van der Waals surface area (Å²) in [5.41, 5.74) is 5.18. The van der Waals surface area contributed by atoms with Crippen molar-refractivity contribution >= 4 is 5.97 Å². The average molecular weight is 280 g/mol. The lowest BCUT2D eigenvalue weighted by Gasteiger charge is -2.15. The molecule has 2 nitrogen and oxygen atoms in total.